The third-order valence-electron chi connectivity index (χ3n) is 4.95. The molecule has 150 valence electrons. The third kappa shape index (κ3) is 4.57. The van der Waals surface area contributed by atoms with Crippen molar-refractivity contribution >= 4 is 21.6 Å². The Morgan fingerprint density at radius 2 is 1.82 bits per heavy atom. The van der Waals surface area contributed by atoms with Crippen LogP contribution in [-0.2, 0) is 14.8 Å². The standard InChI is InChI=1S/C20H24FN3O3S/c1-15-7-8-16(2)19(13-15)28(26,27)24-11-9-23(10-12-24)14-20(25)22-18-6-4-3-5-17(18)21/h3-8,13H,9-12,14H2,1-2H3,(H,22,25)/p+1. The Bertz CT molecular complexity index is 970. The van der Waals surface area contributed by atoms with Crippen LogP contribution in [0.1, 0.15) is 11.1 Å². The van der Waals surface area contributed by atoms with Crippen LogP contribution in [0.2, 0.25) is 0 Å². The fraction of sp³-hybridized carbons (Fsp3) is 0.350. The van der Waals surface area contributed by atoms with E-state index >= 15 is 0 Å². The lowest BCUT2D eigenvalue weighted by atomic mass is 10.2. The molecule has 2 N–H and O–H groups in total. The molecule has 0 aromatic heterocycles. The van der Waals surface area contributed by atoms with Gasteiger partial charge in [-0.05, 0) is 43.2 Å². The maximum Gasteiger partial charge on any atom is 0.279 e. The van der Waals surface area contributed by atoms with Crippen molar-refractivity contribution in [1.82, 2.24) is 4.31 Å². The van der Waals surface area contributed by atoms with Gasteiger partial charge in [-0.2, -0.15) is 4.31 Å². The van der Waals surface area contributed by atoms with Gasteiger partial charge in [0.2, 0.25) is 10.0 Å². The summed E-state index contributed by atoms with van der Waals surface area (Å²) in [6.07, 6.45) is 0. The normalized spacial score (nSPS) is 16.1. The van der Waals surface area contributed by atoms with Gasteiger partial charge in [-0.15, -0.1) is 0 Å². The van der Waals surface area contributed by atoms with Crippen LogP contribution < -0.4 is 10.2 Å². The lowest BCUT2D eigenvalue weighted by Gasteiger charge is -2.31. The number of hydrogen-bond donors (Lipinski definition) is 2. The summed E-state index contributed by atoms with van der Waals surface area (Å²) in [5.74, 6) is -0.763. The van der Waals surface area contributed by atoms with E-state index in [2.05, 4.69) is 5.32 Å². The molecule has 1 fully saturated rings. The van der Waals surface area contributed by atoms with E-state index in [0.717, 1.165) is 16.0 Å². The van der Waals surface area contributed by atoms with E-state index in [-0.39, 0.29) is 18.1 Å². The topological polar surface area (TPSA) is 70.9 Å². The van der Waals surface area contributed by atoms with Crippen molar-refractivity contribution < 1.29 is 22.5 Å². The predicted molar refractivity (Wildman–Crippen MR) is 105 cm³/mol. The van der Waals surface area contributed by atoms with E-state index in [9.17, 15) is 17.6 Å². The number of amides is 1. The summed E-state index contributed by atoms with van der Waals surface area (Å²) < 4.78 is 41.0. The van der Waals surface area contributed by atoms with Gasteiger partial charge in [0.05, 0.1) is 36.8 Å². The Labute approximate surface area is 165 Å². The number of benzene rings is 2. The minimum absolute atomic E-state index is 0.156. The molecule has 2 aromatic rings. The van der Waals surface area contributed by atoms with Gasteiger partial charge in [-0.3, -0.25) is 4.79 Å². The monoisotopic (exact) mass is 406 g/mol. The number of rotatable bonds is 5. The highest BCUT2D eigenvalue weighted by molar-refractivity contribution is 7.89. The van der Waals surface area contributed by atoms with Gasteiger partial charge in [0, 0.05) is 0 Å². The number of carbonyl (C=O) groups excluding carboxylic acids is 1. The van der Waals surface area contributed by atoms with Crippen LogP contribution in [0.25, 0.3) is 0 Å². The van der Waals surface area contributed by atoms with Crippen molar-refractivity contribution in [3.63, 3.8) is 0 Å². The zero-order chi connectivity index (χ0) is 20.3. The Hall–Kier alpha value is -2.29. The third-order valence-corrected chi connectivity index (χ3v) is 6.99. The van der Waals surface area contributed by atoms with Crippen LogP contribution in [0.5, 0.6) is 0 Å². The molecule has 1 heterocycles. The molecule has 1 saturated heterocycles. The van der Waals surface area contributed by atoms with Crippen molar-refractivity contribution in [2.24, 2.45) is 0 Å². The molecule has 6 nitrogen and oxygen atoms in total. The summed E-state index contributed by atoms with van der Waals surface area (Å²) >= 11 is 0. The molecule has 0 saturated carbocycles. The van der Waals surface area contributed by atoms with Crippen molar-refractivity contribution in [2.45, 2.75) is 18.7 Å². The van der Waals surface area contributed by atoms with Crippen molar-refractivity contribution in [1.29, 1.82) is 0 Å². The number of nitrogens with one attached hydrogen (secondary N) is 2. The fourth-order valence-corrected chi connectivity index (χ4v) is 5.08. The Morgan fingerprint density at radius 3 is 2.50 bits per heavy atom. The van der Waals surface area contributed by atoms with E-state index < -0.39 is 15.8 Å². The fourth-order valence-electron chi connectivity index (χ4n) is 3.33. The Morgan fingerprint density at radius 1 is 1.14 bits per heavy atom. The van der Waals surface area contributed by atoms with Gasteiger partial charge in [0.15, 0.2) is 6.54 Å². The highest BCUT2D eigenvalue weighted by atomic mass is 32.2. The first kappa shape index (κ1) is 20.4. The summed E-state index contributed by atoms with van der Waals surface area (Å²) in [4.78, 5) is 13.5. The van der Waals surface area contributed by atoms with Gasteiger partial charge in [-0.1, -0.05) is 24.3 Å². The summed E-state index contributed by atoms with van der Waals surface area (Å²) in [5, 5.41) is 2.57. The Balaban J connectivity index is 1.59. The molecule has 0 bridgehead atoms. The van der Waals surface area contributed by atoms with Crippen molar-refractivity contribution in [2.75, 3.05) is 38.0 Å². The van der Waals surface area contributed by atoms with E-state index in [0.29, 0.717) is 31.1 Å². The molecule has 28 heavy (non-hydrogen) atoms. The highest BCUT2D eigenvalue weighted by Gasteiger charge is 2.32. The van der Waals surface area contributed by atoms with Crippen molar-refractivity contribution in [3.8, 4) is 0 Å². The number of sulfonamides is 1. The molecule has 1 aliphatic heterocycles. The molecule has 0 radical (unpaired) electrons. The molecule has 1 aliphatic rings. The summed E-state index contributed by atoms with van der Waals surface area (Å²) in [6, 6.07) is 11.4. The van der Waals surface area contributed by atoms with Gasteiger partial charge in [0.1, 0.15) is 5.82 Å². The lowest BCUT2D eigenvalue weighted by molar-refractivity contribution is -0.895. The lowest BCUT2D eigenvalue weighted by Crippen LogP contribution is -3.15. The number of nitrogens with zero attached hydrogens (tertiary/aromatic N) is 1. The van der Waals surface area contributed by atoms with E-state index in [1.54, 1.807) is 25.1 Å². The minimum atomic E-state index is -3.55. The molecule has 3 rings (SSSR count). The first-order valence-corrected chi connectivity index (χ1v) is 10.7. The highest BCUT2D eigenvalue weighted by Crippen LogP contribution is 2.21. The second kappa shape index (κ2) is 8.38. The quantitative estimate of drug-likeness (QED) is 0.778. The molecule has 0 atom stereocenters. The smallest absolute Gasteiger partial charge is 0.279 e. The van der Waals surface area contributed by atoms with Crippen LogP contribution in [0.15, 0.2) is 47.4 Å². The number of piperazine rings is 1. The first-order chi connectivity index (χ1) is 13.3. The molecule has 8 heteroatoms. The van der Waals surface area contributed by atoms with Crippen LogP contribution in [0, 0.1) is 19.7 Å². The largest absolute Gasteiger partial charge is 0.325 e. The maximum absolute atomic E-state index is 13.6. The molecule has 0 unspecified atom stereocenters. The van der Waals surface area contributed by atoms with E-state index in [4.69, 9.17) is 0 Å². The molecular weight excluding hydrogens is 381 g/mol. The molecule has 0 aliphatic carbocycles. The number of anilines is 1. The molecule has 0 spiro atoms. The summed E-state index contributed by atoms with van der Waals surface area (Å²) in [7, 11) is -3.55. The van der Waals surface area contributed by atoms with Crippen molar-refractivity contribution in [3.05, 3.63) is 59.4 Å². The second-order valence-electron chi connectivity index (χ2n) is 7.13. The predicted octanol–water partition coefficient (Wildman–Crippen LogP) is 0.970. The summed E-state index contributed by atoms with van der Waals surface area (Å²) in [5.41, 5.74) is 1.78. The number of carbonyl (C=O) groups is 1. The summed E-state index contributed by atoms with van der Waals surface area (Å²) in [6.45, 7) is 5.57. The molecular formula is C20H25FN3O3S+. The zero-order valence-corrected chi connectivity index (χ0v) is 16.9. The van der Waals surface area contributed by atoms with Gasteiger partial charge >= 0.3 is 0 Å². The number of quaternary nitrogens is 1. The van der Waals surface area contributed by atoms with Crippen LogP contribution in [0.4, 0.5) is 10.1 Å². The van der Waals surface area contributed by atoms with E-state index in [1.165, 1.54) is 16.4 Å². The molecule has 1 amide bonds. The SMILES string of the molecule is Cc1ccc(C)c(S(=O)(=O)N2CC[NH+](CC(=O)Nc3ccccc3F)CC2)c1. The minimum Gasteiger partial charge on any atom is -0.325 e. The molecule has 2 aromatic carbocycles. The number of hydrogen-bond acceptors (Lipinski definition) is 3. The number of halogens is 1. The average molecular weight is 407 g/mol. The van der Waals surface area contributed by atoms with Gasteiger partial charge in [-0.25, -0.2) is 12.8 Å². The number of para-hydroxylation sites is 1. The van der Waals surface area contributed by atoms with Crippen LogP contribution in [0.3, 0.4) is 0 Å². The van der Waals surface area contributed by atoms with Crippen LogP contribution >= 0.6 is 0 Å². The average Bonchev–Trinajstić information content (AvgIpc) is 2.66. The number of aryl methyl sites for hydroxylation is 2. The zero-order valence-electron chi connectivity index (χ0n) is 16.0. The first-order valence-electron chi connectivity index (χ1n) is 9.23. The second-order valence-corrected chi connectivity index (χ2v) is 9.03. The van der Waals surface area contributed by atoms with Crippen LogP contribution in [-0.4, -0.2) is 51.4 Å². The van der Waals surface area contributed by atoms with Gasteiger partial charge in [0.25, 0.3) is 5.91 Å². The van der Waals surface area contributed by atoms with Gasteiger partial charge < -0.3 is 10.2 Å². The Kier molecular flexibility index (Phi) is 6.12. The maximum atomic E-state index is 13.6. The van der Waals surface area contributed by atoms with E-state index in [1.807, 2.05) is 19.1 Å².